The van der Waals surface area contributed by atoms with Gasteiger partial charge in [0.05, 0.1) is 12.7 Å². The van der Waals surface area contributed by atoms with Crippen molar-refractivity contribution < 1.29 is 9.84 Å². The van der Waals surface area contributed by atoms with Crippen molar-refractivity contribution in [3.05, 3.63) is 57.8 Å². The van der Waals surface area contributed by atoms with Crippen LogP contribution in [0.1, 0.15) is 28.5 Å². The molecule has 0 bridgehead atoms. The van der Waals surface area contributed by atoms with E-state index in [0.29, 0.717) is 12.3 Å². The van der Waals surface area contributed by atoms with Gasteiger partial charge in [-0.1, -0.05) is 30.3 Å². The minimum atomic E-state index is -0.516. The van der Waals surface area contributed by atoms with Crippen LogP contribution >= 0.6 is 11.3 Å². The van der Waals surface area contributed by atoms with Crippen molar-refractivity contribution in [3.63, 3.8) is 0 Å². The maximum absolute atomic E-state index is 10.5. The summed E-state index contributed by atoms with van der Waals surface area (Å²) in [7, 11) is 0. The summed E-state index contributed by atoms with van der Waals surface area (Å²) in [6.07, 6.45) is 0.920. The Bertz CT molecular complexity index is 771. The number of aliphatic hydroxyl groups is 1. The molecule has 0 saturated carbocycles. The Morgan fingerprint density at radius 1 is 1.07 bits per heavy atom. The molecule has 2 heterocycles. The minimum Gasteiger partial charge on any atom is -0.389 e. The lowest BCUT2D eigenvalue weighted by molar-refractivity contribution is -0.00875. The van der Waals surface area contributed by atoms with Gasteiger partial charge in [-0.05, 0) is 29.9 Å². The number of β-amino-alcohol motifs (C(OH)–C–C–N with tert-alkyl or cyclic N) is 1. The van der Waals surface area contributed by atoms with Crippen molar-refractivity contribution in [2.24, 2.45) is 0 Å². The van der Waals surface area contributed by atoms with Crippen LogP contribution in [-0.4, -0.2) is 66.1 Å². The molecule has 2 atom stereocenters. The summed E-state index contributed by atoms with van der Waals surface area (Å²) in [6.45, 7) is 5.90. The van der Waals surface area contributed by atoms with Gasteiger partial charge in [-0.25, -0.2) is 0 Å². The third kappa shape index (κ3) is 4.88. The summed E-state index contributed by atoms with van der Waals surface area (Å²) in [5, 5.41) is 20.8. The Morgan fingerprint density at radius 3 is 2.61 bits per heavy atom. The van der Waals surface area contributed by atoms with Crippen molar-refractivity contribution >= 4 is 17.0 Å². The first-order valence-corrected chi connectivity index (χ1v) is 11.0. The summed E-state index contributed by atoms with van der Waals surface area (Å²) in [4.78, 5) is 6.11. The van der Waals surface area contributed by atoms with Crippen molar-refractivity contribution in [1.82, 2.24) is 9.80 Å². The Morgan fingerprint density at radius 2 is 1.82 bits per heavy atom. The van der Waals surface area contributed by atoms with E-state index >= 15 is 0 Å². The molecule has 1 aromatic heterocycles. The quantitative estimate of drug-likeness (QED) is 0.752. The van der Waals surface area contributed by atoms with Gasteiger partial charge in [0.1, 0.15) is 6.10 Å². The normalized spacial score (nSPS) is 22.2. The van der Waals surface area contributed by atoms with E-state index in [-0.39, 0.29) is 12.7 Å². The van der Waals surface area contributed by atoms with Gasteiger partial charge in [0, 0.05) is 55.4 Å². The first kappa shape index (κ1) is 19.7. The lowest BCUT2D eigenvalue weighted by atomic mass is 9.94. The smallest absolute Gasteiger partial charge is 0.121 e. The van der Waals surface area contributed by atoms with Crippen molar-refractivity contribution in [1.29, 1.82) is 5.41 Å². The van der Waals surface area contributed by atoms with Crippen molar-refractivity contribution in [2.75, 3.05) is 39.3 Å². The van der Waals surface area contributed by atoms with E-state index in [0.717, 1.165) is 51.1 Å². The number of benzene rings is 1. The van der Waals surface area contributed by atoms with Crippen LogP contribution in [0.4, 0.5) is 0 Å². The van der Waals surface area contributed by atoms with E-state index in [1.807, 2.05) is 0 Å². The Balaban J connectivity index is 1.20. The monoisotopic (exact) mass is 399 g/mol. The van der Waals surface area contributed by atoms with Gasteiger partial charge in [-0.2, -0.15) is 0 Å². The maximum Gasteiger partial charge on any atom is 0.121 e. The number of ether oxygens (including phenoxy) is 1. The number of thiophene rings is 1. The van der Waals surface area contributed by atoms with Crippen LogP contribution in [0.5, 0.6) is 0 Å². The number of aryl methyl sites for hydroxylation is 1. The zero-order chi connectivity index (χ0) is 19.3. The van der Waals surface area contributed by atoms with Crippen LogP contribution in [0.25, 0.3) is 0 Å². The maximum atomic E-state index is 10.5. The van der Waals surface area contributed by atoms with E-state index in [1.54, 1.807) is 11.3 Å². The number of aliphatic hydroxyl groups excluding tert-OH is 1. The van der Waals surface area contributed by atoms with Crippen LogP contribution in [0.15, 0.2) is 41.8 Å². The predicted molar refractivity (Wildman–Crippen MR) is 113 cm³/mol. The number of piperazine rings is 1. The molecule has 2 unspecified atom stereocenters. The first-order chi connectivity index (χ1) is 13.7. The molecule has 0 amide bonds. The summed E-state index contributed by atoms with van der Waals surface area (Å²) in [5.74, 6) is 0. The SMILES string of the molecule is N=C1CCc2sccc2C1OCC(O)CN1CCN(Cc2ccccc2)CC1. The molecule has 2 aromatic rings. The van der Waals surface area contributed by atoms with Crippen LogP contribution in [0, 0.1) is 5.41 Å². The lowest BCUT2D eigenvalue weighted by Gasteiger charge is -2.35. The zero-order valence-electron chi connectivity index (χ0n) is 16.2. The molecule has 5 nitrogen and oxygen atoms in total. The summed E-state index contributed by atoms with van der Waals surface area (Å²) < 4.78 is 5.98. The van der Waals surface area contributed by atoms with Gasteiger partial charge >= 0.3 is 0 Å². The summed E-state index contributed by atoms with van der Waals surface area (Å²) in [5.41, 5.74) is 3.11. The first-order valence-electron chi connectivity index (χ1n) is 10.1. The topological polar surface area (TPSA) is 59.8 Å². The number of hydrogen-bond donors (Lipinski definition) is 2. The van der Waals surface area contributed by atoms with Gasteiger partial charge in [-0.15, -0.1) is 11.3 Å². The van der Waals surface area contributed by atoms with Crippen LogP contribution in [0.3, 0.4) is 0 Å². The van der Waals surface area contributed by atoms with Crippen LogP contribution in [-0.2, 0) is 17.7 Å². The molecular formula is C22H29N3O2S. The molecule has 1 fully saturated rings. The highest BCUT2D eigenvalue weighted by Crippen LogP contribution is 2.33. The highest BCUT2D eigenvalue weighted by Gasteiger charge is 2.27. The Hall–Kier alpha value is -1.57. The van der Waals surface area contributed by atoms with Gasteiger partial charge in [0.2, 0.25) is 0 Å². The molecule has 0 spiro atoms. The second-order valence-corrected chi connectivity index (χ2v) is 8.75. The molecule has 1 aromatic carbocycles. The van der Waals surface area contributed by atoms with Crippen molar-refractivity contribution in [3.8, 4) is 0 Å². The van der Waals surface area contributed by atoms with E-state index in [2.05, 4.69) is 51.6 Å². The highest BCUT2D eigenvalue weighted by atomic mass is 32.1. The Labute approximate surface area is 171 Å². The lowest BCUT2D eigenvalue weighted by Crippen LogP contribution is -2.48. The van der Waals surface area contributed by atoms with E-state index < -0.39 is 6.10 Å². The average molecular weight is 400 g/mol. The predicted octanol–water partition coefficient (Wildman–Crippen LogP) is 2.95. The third-order valence-electron chi connectivity index (χ3n) is 5.64. The van der Waals surface area contributed by atoms with Gasteiger partial charge in [0.25, 0.3) is 0 Å². The molecule has 1 aliphatic carbocycles. The summed E-state index contributed by atoms with van der Waals surface area (Å²) in [6, 6.07) is 12.7. The number of hydrogen-bond acceptors (Lipinski definition) is 6. The van der Waals surface area contributed by atoms with Crippen LogP contribution in [0.2, 0.25) is 0 Å². The zero-order valence-corrected chi connectivity index (χ0v) is 17.0. The fraction of sp³-hybridized carbons (Fsp3) is 0.500. The largest absolute Gasteiger partial charge is 0.389 e. The van der Waals surface area contributed by atoms with E-state index in [1.165, 1.54) is 10.4 Å². The number of fused-ring (bicyclic) bond motifs is 1. The molecule has 1 aliphatic heterocycles. The fourth-order valence-electron chi connectivity index (χ4n) is 4.07. The number of nitrogens with one attached hydrogen (secondary N) is 1. The molecule has 4 rings (SSSR count). The van der Waals surface area contributed by atoms with E-state index in [9.17, 15) is 5.11 Å². The second-order valence-electron chi connectivity index (χ2n) is 7.75. The summed E-state index contributed by atoms with van der Waals surface area (Å²) >= 11 is 1.74. The molecule has 2 aliphatic rings. The molecule has 0 radical (unpaired) electrons. The van der Waals surface area contributed by atoms with Gasteiger partial charge < -0.3 is 15.3 Å². The Kier molecular flexibility index (Phi) is 6.54. The van der Waals surface area contributed by atoms with Crippen molar-refractivity contribution in [2.45, 2.75) is 31.6 Å². The molecule has 2 N–H and O–H groups in total. The average Bonchev–Trinajstić information content (AvgIpc) is 3.18. The molecular weight excluding hydrogens is 370 g/mol. The molecule has 6 heteroatoms. The molecule has 1 saturated heterocycles. The molecule has 28 heavy (non-hydrogen) atoms. The highest BCUT2D eigenvalue weighted by molar-refractivity contribution is 7.10. The molecule has 150 valence electrons. The van der Waals surface area contributed by atoms with Crippen LogP contribution < -0.4 is 0 Å². The number of rotatable bonds is 7. The van der Waals surface area contributed by atoms with Gasteiger partial charge in [-0.3, -0.25) is 9.80 Å². The van der Waals surface area contributed by atoms with E-state index in [4.69, 9.17) is 10.1 Å². The second kappa shape index (κ2) is 9.29. The minimum absolute atomic E-state index is 0.271. The standard InChI is InChI=1S/C22H29N3O2S/c23-20-6-7-21-19(8-13-28-21)22(20)27-16-18(26)15-25-11-9-24(10-12-25)14-17-4-2-1-3-5-17/h1-5,8,13,18,22-23,26H,6-7,9-12,14-16H2. The van der Waals surface area contributed by atoms with Gasteiger partial charge in [0.15, 0.2) is 0 Å². The third-order valence-corrected chi connectivity index (χ3v) is 6.63. The fourth-order valence-corrected chi connectivity index (χ4v) is 4.98. The number of nitrogens with zero attached hydrogens (tertiary/aromatic N) is 2.